The first-order valence-electron chi connectivity index (χ1n) is 7.78. The van der Waals surface area contributed by atoms with Crippen molar-refractivity contribution in [3.05, 3.63) is 24.5 Å². The Morgan fingerprint density at radius 3 is 2.78 bits per heavy atom. The van der Waals surface area contributed by atoms with E-state index in [0.29, 0.717) is 18.8 Å². The van der Waals surface area contributed by atoms with Gasteiger partial charge in [0.25, 0.3) is 0 Å². The van der Waals surface area contributed by atoms with Crippen LogP contribution >= 0.6 is 0 Å². The SMILES string of the molecule is CC(C)C(=O)NC1CCCN(C(=O)C(=O)Nc2cccnc2)C1. The number of rotatable bonds is 3. The van der Waals surface area contributed by atoms with Crippen molar-refractivity contribution < 1.29 is 14.4 Å². The zero-order valence-corrected chi connectivity index (χ0v) is 13.4. The smallest absolute Gasteiger partial charge is 0.313 e. The maximum atomic E-state index is 12.2. The number of nitrogens with one attached hydrogen (secondary N) is 2. The van der Waals surface area contributed by atoms with E-state index in [1.54, 1.807) is 18.3 Å². The average molecular weight is 318 g/mol. The van der Waals surface area contributed by atoms with Crippen LogP contribution in [0.25, 0.3) is 0 Å². The highest BCUT2D eigenvalue weighted by atomic mass is 16.2. The van der Waals surface area contributed by atoms with Crippen molar-refractivity contribution in [2.75, 3.05) is 18.4 Å². The molecule has 1 aromatic rings. The summed E-state index contributed by atoms with van der Waals surface area (Å²) in [4.78, 5) is 41.4. The van der Waals surface area contributed by atoms with Crippen LogP contribution in [0.5, 0.6) is 0 Å². The molecule has 7 nitrogen and oxygen atoms in total. The number of nitrogens with zero attached hydrogens (tertiary/aromatic N) is 2. The van der Waals surface area contributed by atoms with Gasteiger partial charge in [0.2, 0.25) is 5.91 Å². The van der Waals surface area contributed by atoms with E-state index in [2.05, 4.69) is 15.6 Å². The molecule has 2 N–H and O–H groups in total. The van der Waals surface area contributed by atoms with Crippen LogP contribution in [0, 0.1) is 5.92 Å². The van der Waals surface area contributed by atoms with Gasteiger partial charge in [0.15, 0.2) is 0 Å². The van der Waals surface area contributed by atoms with Gasteiger partial charge in [0.05, 0.1) is 11.9 Å². The molecule has 1 fully saturated rings. The highest BCUT2D eigenvalue weighted by molar-refractivity contribution is 6.39. The fourth-order valence-electron chi connectivity index (χ4n) is 2.41. The van der Waals surface area contributed by atoms with Crippen LogP contribution < -0.4 is 10.6 Å². The maximum absolute atomic E-state index is 12.2. The molecule has 0 bridgehead atoms. The summed E-state index contributed by atoms with van der Waals surface area (Å²) in [6, 6.07) is 3.24. The minimum Gasteiger partial charge on any atom is -0.351 e. The van der Waals surface area contributed by atoms with Gasteiger partial charge in [-0.15, -0.1) is 0 Å². The third-order valence-corrected chi connectivity index (χ3v) is 3.69. The summed E-state index contributed by atoms with van der Waals surface area (Å²) in [5.41, 5.74) is 0.479. The first kappa shape index (κ1) is 16.9. The molecule has 23 heavy (non-hydrogen) atoms. The lowest BCUT2D eigenvalue weighted by molar-refractivity contribution is -0.144. The summed E-state index contributed by atoms with van der Waals surface area (Å²) in [6.45, 7) is 4.52. The van der Waals surface area contributed by atoms with E-state index in [4.69, 9.17) is 0 Å². The van der Waals surface area contributed by atoms with Crippen LogP contribution in [-0.4, -0.2) is 46.7 Å². The normalized spacial score (nSPS) is 17.7. The number of carbonyl (C=O) groups is 3. The van der Waals surface area contributed by atoms with Gasteiger partial charge in [0, 0.05) is 31.2 Å². The molecule has 7 heteroatoms. The Bertz CT molecular complexity index is 574. The fourth-order valence-corrected chi connectivity index (χ4v) is 2.41. The second-order valence-corrected chi connectivity index (χ2v) is 5.95. The number of pyridine rings is 1. The van der Waals surface area contributed by atoms with Crippen LogP contribution in [0.4, 0.5) is 5.69 Å². The molecule has 0 spiro atoms. The summed E-state index contributed by atoms with van der Waals surface area (Å²) in [5, 5.41) is 5.45. The van der Waals surface area contributed by atoms with Crippen molar-refractivity contribution >= 4 is 23.4 Å². The maximum Gasteiger partial charge on any atom is 0.313 e. The van der Waals surface area contributed by atoms with E-state index >= 15 is 0 Å². The summed E-state index contributed by atoms with van der Waals surface area (Å²) in [7, 11) is 0. The van der Waals surface area contributed by atoms with Gasteiger partial charge >= 0.3 is 11.8 Å². The zero-order valence-electron chi connectivity index (χ0n) is 13.4. The standard InChI is InChI=1S/C16H22N4O3/c1-11(2)14(21)19-13-6-4-8-20(10-13)16(23)15(22)18-12-5-3-7-17-9-12/h3,5,7,9,11,13H,4,6,8,10H2,1-2H3,(H,18,22)(H,19,21). The van der Waals surface area contributed by atoms with Crippen LogP contribution in [0.3, 0.4) is 0 Å². The van der Waals surface area contributed by atoms with Crippen LogP contribution in [-0.2, 0) is 14.4 Å². The highest BCUT2D eigenvalue weighted by Gasteiger charge is 2.28. The van der Waals surface area contributed by atoms with Crippen molar-refractivity contribution in [1.29, 1.82) is 0 Å². The minimum absolute atomic E-state index is 0.0379. The van der Waals surface area contributed by atoms with Gasteiger partial charge in [-0.3, -0.25) is 19.4 Å². The Morgan fingerprint density at radius 2 is 2.13 bits per heavy atom. The molecule has 0 aromatic carbocycles. The van der Waals surface area contributed by atoms with Gasteiger partial charge in [-0.25, -0.2) is 0 Å². The molecule has 124 valence electrons. The molecule has 2 heterocycles. The van der Waals surface area contributed by atoms with Crippen molar-refractivity contribution in [2.24, 2.45) is 5.92 Å². The number of amides is 3. The quantitative estimate of drug-likeness (QED) is 0.806. The summed E-state index contributed by atoms with van der Waals surface area (Å²) < 4.78 is 0. The fraction of sp³-hybridized carbons (Fsp3) is 0.500. The monoisotopic (exact) mass is 318 g/mol. The Morgan fingerprint density at radius 1 is 1.35 bits per heavy atom. The van der Waals surface area contributed by atoms with E-state index in [1.165, 1.54) is 11.1 Å². The largest absolute Gasteiger partial charge is 0.351 e. The first-order chi connectivity index (χ1) is 11.0. The van der Waals surface area contributed by atoms with E-state index in [-0.39, 0.29) is 17.9 Å². The predicted octanol–water partition coefficient (Wildman–Crippen LogP) is 0.783. The number of likely N-dealkylation sites (tertiary alicyclic amines) is 1. The molecule has 2 rings (SSSR count). The second-order valence-electron chi connectivity index (χ2n) is 5.95. The molecule has 3 amide bonds. The molecule has 0 radical (unpaired) electrons. The second kappa shape index (κ2) is 7.71. The van der Waals surface area contributed by atoms with E-state index in [9.17, 15) is 14.4 Å². The molecular weight excluding hydrogens is 296 g/mol. The predicted molar refractivity (Wildman–Crippen MR) is 85.4 cm³/mol. The van der Waals surface area contributed by atoms with E-state index < -0.39 is 11.8 Å². The van der Waals surface area contributed by atoms with Crippen molar-refractivity contribution in [3.63, 3.8) is 0 Å². The Hall–Kier alpha value is -2.44. The van der Waals surface area contributed by atoms with E-state index in [0.717, 1.165) is 12.8 Å². The lowest BCUT2D eigenvalue weighted by Crippen LogP contribution is -2.52. The molecule has 1 unspecified atom stereocenters. The van der Waals surface area contributed by atoms with Gasteiger partial charge in [-0.2, -0.15) is 0 Å². The minimum atomic E-state index is -0.686. The van der Waals surface area contributed by atoms with Crippen LogP contribution in [0.2, 0.25) is 0 Å². The Kier molecular flexibility index (Phi) is 5.67. The molecular formula is C16H22N4O3. The number of anilines is 1. The lowest BCUT2D eigenvalue weighted by atomic mass is 10.0. The summed E-state index contributed by atoms with van der Waals surface area (Å²) >= 11 is 0. The molecule has 1 aliphatic rings. The Balaban J connectivity index is 1.91. The topological polar surface area (TPSA) is 91.4 Å². The molecule has 0 saturated carbocycles. The third-order valence-electron chi connectivity index (χ3n) is 3.69. The molecule has 0 aliphatic carbocycles. The lowest BCUT2D eigenvalue weighted by Gasteiger charge is -2.33. The average Bonchev–Trinajstić information content (AvgIpc) is 2.55. The van der Waals surface area contributed by atoms with Gasteiger partial charge in [0.1, 0.15) is 0 Å². The Labute approximate surface area is 135 Å². The van der Waals surface area contributed by atoms with Crippen molar-refractivity contribution in [1.82, 2.24) is 15.2 Å². The summed E-state index contributed by atoms with van der Waals surface area (Å²) in [5.74, 6) is -1.41. The molecule has 1 aliphatic heterocycles. The number of piperidine rings is 1. The van der Waals surface area contributed by atoms with Crippen molar-refractivity contribution in [2.45, 2.75) is 32.7 Å². The van der Waals surface area contributed by atoms with Crippen LogP contribution in [0.1, 0.15) is 26.7 Å². The number of carbonyl (C=O) groups excluding carboxylic acids is 3. The number of aromatic nitrogens is 1. The molecule has 1 saturated heterocycles. The van der Waals surface area contributed by atoms with Crippen molar-refractivity contribution in [3.8, 4) is 0 Å². The molecule has 1 aromatic heterocycles. The van der Waals surface area contributed by atoms with Gasteiger partial charge in [-0.05, 0) is 25.0 Å². The molecule has 1 atom stereocenters. The summed E-state index contributed by atoms with van der Waals surface area (Å²) in [6.07, 6.45) is 4.64. The van der Waals surface area contributed by atoms with Crippen LogP contribution in [0.15, 0.2) is 24.5 Å². The number of hydrogen-bond acceptors (Lipinski definition) is 4. The first-order valence-corrected chi connectivity index (χ1v) is 7.78. The van der Waals surface area contributed by atoms with E-state index in [1.807, 2.05) is 13.8 Å². The van der Waals surface area contributed by atoms with Gasteiger partial charge < -0.3 is 15.5 Å². The number of hydrogen-bond donors (Lipinski definition) is 2. The zero-order chi connectivity index (χ0) is 16.8. The third kappa shape index (κ3) is 4.77. The van der Waals surface area contributed by atoms with Gasteiger partial charge in [-0.1, -0.05) is 13.8 Å². The highest BCUT2D eigenvalue weighted by Crippen LogP contribution is 2.12.